The average Bonchev–Trinajstić information content (AvgIpc) is 2.74. The molecular formula is C22H20O5Si. The molecule has 3 aromatic carbocycles. The fourth-order valence-corrected chi connectivity index (χ4v) is 4.48. The number of carbonyl (C=O) groups excluding carboxylic acids is 1. The Morgan fingerprint density at radius 1 is 0.714 bits per heavy atom. The van der Waals surface area contributed by atoms with Crippen LogP contribution < -0.4 is 13.3 Å². The molecule has 0 amide bonds. The molecule has 0 aromatic heterocycles. The van der Waals surface area contributed by atoms with Crippen LogP contribution in [0, 0.1) is 0 Å². The van der Waals surface area contributed by atoms with Crippen LogP contribution in [0.15, 0.2) is 104 Å². The van der Waals surface area contributed by atoms with Crippen LogP contribution in [0.3, 0.4) is 0 Å². The van der Waals surface area contributed by atoms with Crippen LogP contribution in [0.2, 0.25) is 0 Å². The molecule has 142 valence electrons. The Hall–Kier alpha value is -3.51. The largest absolute Gasteiger partial charge is 0.739 e. The maximum absolute atomic E-state index is 11.7. The SMILES string of the molecule is C=CC(=O)OC[Si](Oc1ccccc1)(Oc1ccccc1)Oc1ccccc1. The van der Waals surface area contributed by atoms with E-state index in [0.717, 1.165) is 6.08 Å². The highest BCUT2D eigenvalue weighted by molar-refractivity contribution is 6.63. The van der Waals surface area contributed by atoms with E-state index >= 15 is 0 Å². The standard InChI is InChI=1S/C22H20O5Si/c1-2-22(23)24-18-28(25-19-12-6-3-7-13-19,26-20-14-8-4-9-15-20)27-21-16-10-5-11-17-21/h2-17H,1,18H2. The smallest absolute Gasteiger partial charge is 0.481 e. The van der Waals surface area contributed by atoms with Crippen LogP contribution in [0.5, 0.6) is 17.2 Å². The zero-order valence-electron chi connectivity index (χ0n) is 15.2. The molecular weight excluding hydrogens is 372 g/mol. The van der Waals surface area contributed by atoms with Gasteiger partial charge in [-0.3, -0.25) is 0 Å². The first kappa shape index (κ1) is 19.3. The van der Waals surface area contributed by atoms with E-state index in [1.807, 2.05) is 54.6 Å². The number of esters is 1. The van der Waals surface area contributed by atoms with Crippen molar-refractivity contribution in [3.63, 3.8) is 0 Å². The van der Waals surface area contributed by atoms with Crippen LogP contribution >= 0.6 is 0 Å². The van der Waals surface area contributed by atoms with Gasteiger partial charge in [0.2, 0.25) is 0 Å². The minimum Gasteiger partial charge on any atom is -0.481 e. The summed E-state index contributed by atoms with van der Waals surface area (Å²) in [7, 11) is -3.59. The minimum atomic E-state index is -3.59. The van der Waals surface area contributed by atoms with Gasteiger partial charge in [0.25, 0.3) is 0 Å². The number of carbonyl (C=O) groups is 1. The van der Waals surface area contributed by atoms with Crippen molar-refractivity contribution in [2.45, 2.75) is 0 Å². The summed E-state index contributed by atoms with van der Waals surface area (Å²) in [5.74, 6) is 1.07. The predicted octanol–water partition coefficient (Wildman–Crippen LogP) is 4.43. The molecule has 0 unspecified atom stereocenters. The van der Waals surface area contributed by atoms with Crippen LogP contribution in [0.1, 0.15) is 0 Å². The molecule has 0 aliphatic heterocycles. The van der Waals surface area contributed by atoms with Gasteiger partial charge in [-0.15, -0.1) is 0 Å². The molecule has 0 fully saturated rings. The summed E-state index contributed by atoms with van der Waals surface area (Å²) in [6.07, 6.45) is 0.906. The molecule has 0 N–H and O–H groups in total. The highest BCUT2D eigenvalue weighted by Gasteiger charge is 2.51. The van der Waals surface area contributed by atoms with Crippen molar-refractivity contribution in [3.8, 4) is 17.2 Å². The average molecular weight is 392 g/mol. The van der Waals surface area contributed by atoms with Crippen LogP contribution in [0.4, 0.5) is 0 Å². The Morgan fingerprint density at radius 3 is 1.39 bits per heavy atom. The maximum Gasteiger partial charge on any atom is 0.739 e. The second-order valence-corrected chi connectivity index (χ2v) is 8.01. The Bertz CT molecular complexity index is 783. The van der Waals surface area contributed by atoms with Gasteiger partial charge in [0, 0.05) is 6.08 Å². The number of para-hydroxylation sites is 3. The van der Waals surface area contributed by atoms with Gasteiger partial charge >= 0.3 is 14.8 Å². The molecule has 3 aromatic rings. The molecule has 0 bridgehead atoms. The van der Waals surface area contributed by atoms with Gasteiger partial charge in [0.1, 0.15) is 17.2 Å². The molecule has 0 atom stereocenters. The van der Waals surface area contributed by atoms with E-state index in [0.29, 0.717) is 17.2 Å². The quantitative estimate of drug-likeness (QED) is 0.306. The van der Waals surface area contributed by atoms with Crippen molar-refractivity contribution < 1.29 is 22.8 Å². The lowest BCUT2D eigenvalue weighted by Gasteiger charge is -2.29. The van der Waals surface area contributed by atoms with Crippen LogP contribution in [-0.2, 0) is 9.53 Å². The van der Waals surface area contributed by atoms with Gasteiger partial charge in [-0.25, -0.2) is 4.79 Å². The third-order valence-electron chi connectivity index (χ3n) is 3.61. The number of rotatable bonds is 9. The summed E-state index contributed by atoms with van der Waals surface area (Å²) in [5, 5.41) is 0. The normalized spacial score (nSPS) is 10.6. The molecule has 0 spiro atoms. The van der Waals surface area contributed by atoms with Gasteiger partial charge in [-0.05, 0) is 36.4 Å². The molecule has 0 aliphatic rings. The Balaban J connectivity index is 1.97. The predicted molar refractivity (Wildman–Crippen MR) is 108 cm³/mol. The Kier molecular flexibility index (Phi) is 6.49. The number of hydrogen-bond acceptors (Lipinski definition) is 5. The molecule has 3 rings (SSSR count). The Labute approximate surface area is 165 Å². The third-order valence-corrected chi connectivity index (χ3v) is 5.75. The fraction of sp³-hybridized carbons (Fsp3) is 0.0455. The second kappa shape index (κ2) is 9.43. The van der Waals surface area contributed by atoms with Crippen LogP contribution in [-0.4, -0.2) is 21.0 Å². The zero-order valence-corrected chi connectivity index (χ0v) is 16.2. The lowest BCUT2D eigenvalue weighted by molar-refractivity contribution is -0.136. The minimum absolute atomic E-state index is 0.184. The summed E-state index contributed by atoms with van der Waals surface area (Å²) in [4.78, 5) is 11.7. The van der Waals surface area contributed by atoms with E-state index in [4.69, 9.17) is 18.0 Å². The van der Waals surface area contributed by atoms with Gasteiger partial charge < -0.3 is 18.0 Å². The van der Waals surface area contributed by atoms with Crippen molar-refractivity contribution in [3.05, 3.63) is 104 Å². The van der Waals surface area contributed by atoms with Crippen molar-refractivity contribution in [1.82, 2.24) is 0 Å². The summed E-state index contributed by atoms with van der Waals surface area (Å²) in [6, 6.07) is 27.4. The van der Waals surface area contributed by atoms with E-state index < -0.39 is 14.8 Å². The van der Waals surface area contributed by atoms with E-state index in [9.17, 15) is 4.79 Å². The Morgan fingerprint density at radius 2 is 1.07 bits per heavy atom. The topological polar surface area (TPSA) is 54.0 Å². The monoisotopic (exact) mass is 392 g/mol. The van der Waals surface area contributed by atoms with Gasteiger partial charge in [0.15, 0.2) is 6.23 Å². The summed E-state index contributed by atoms with van der Waals surface area (Å²) >= 11 is 0. The lowest BCUT2D eigenvalue weighted by Crippen LogP contribution is -2.59. The number of hydrogen-bond donors (Lipinski definition) is 0. The molecule has 0 aliphatic carbocycles. The van der Waals surface area contributed by atoms with Crippen molar-refractivity contribution in [1.29, 1.82) is 0 Å². The van der Waals surface area contributed by atoms with Crippen molar-refractivity contribution >= 4 is 14.8 Å². The first-order valence-corrected chi connectivity index (χ1v) is 10.6. The molecule has 0 heterocycles. The highest BCUT2D eigenvalue weighted by atomic mass is 28.4. The number of ether oxygens (including phenoxy) is 1. The van der Waals surface area contributed by atoms with Gasteiger partial charge in [-0.1, -0.05) is 61.2 Å². The van der Waals surface area contributed by atoms with Gasteiger partial charge in [-0.2, -0.15) is 0 Å². The molecule has 0 saturated carbocycles. The first-order chi connectivity index (χ1) is 13.7. The summed E-state index contributed by atoms with van der Waals surface area (Å²) in [6.45, 7) is 3.43. The summed E-state index contributed by atoms with van der Waals surface area (Å²) < 4.78 is 23.9. The molecule has 28 heavy (non-hydrogen) atoms. The summed E-state index contributed by atoms with van der Waals surface area (Å²) in [5.41, 5.74) is 0. The zero-order chi connectivity index (χ0) is 19.7. The lowest BCUT2D eigenvalue weighted by atomic mass is 10.3. The van der Waals surface area contributed by atoms with Crippen molar-refractivity contribution in [2.24, 2.45) is 0 Å². The maximum atomic E-state index is 11.7. The van der Waals surface area contributed by atoms with Crippen molar-refractivity contribution in [2.75, 3.05) is 6.23 Å². The van der Waals surface area contributed by atoms with E-state index in [1.54, 1.807) is 36.4 Å². The van der Waals surface area contributed by atoms with E-state index in [1.165, 1.54) is 0 Å². The molecule has 0 radical (unpaired) electrons. The molecule has 5 nitrogen and oxygen atoms in total. The first-order valence-electron chi connectivity index (χ1n) is 8.70. The van der Waals surface area contributed by atoms with Gasteiger partial charge in [0.05, 0.1) is 0 Å². The van der Waals surface area contributed by atoms with Crippen LogP contribution in [0.25, 0.3) is 0 Å². The molecule has 6 heteroatoms. The fourth-order valence-electron chi connectivity index (χ4n) is 2.37. The second-order valence-electron chi connectivity index (χ2n) is 5.74. The number of benzene rings is 3. The van der Waals surface area contributed by atoms with E-state index in [-0.39, 0.29) is 6.23 Å². The van der Waals surface area contributed by atoms with E-state index in [2.05, 4.69) is 6.58 Å². The molecule has 0 saturated heterocycles. The third kappa shape index (κ3) is 5.49. The highest BCUT2D eigenvalue weighted by Crippen LogP contribution is 2.24.